The quantitative estimate of drug-likeness (QED) is 0.754. The summed E-state index contributed by atoms with van der Waals surface area (Å²) in [6.07, 6.45) is 0. The second kappa shape index (κ2) is 4.37. The van der Waals surface area contributed by atoms with E-state index >= 15 is 0 Å². The molecule has 16 heavy (non-hydrogen) atoms. The Labute approximate surface area is 96.8 Å². The minimum Gasteiger partial charge on any atom is -0.462 e. The highest BCUT2D eigenvalue weighted by atomic mass is 35.5. The molecule has 4 nitrogen and oxygen atoms in total. The smallest absolute Gasteiger partial charge is 0.394 e. The summed E-state index contributed by atoms with van der Waals surface area (Å²) in [5.74, 6) is -0.432. The molecule has 0 aliphatic rings. The van der Waals surface area contributed by atoms with E-state index in [0.717, 1.165) is 5.56 Å². The molecule has 1 aromatic carbocycles. The van der Waals surface area contributed by atoms with Crippen molar-refractivity contribution in [3.05, 3.63) is 41.4 Å². The third kappa shape index (κ3) is 1.92. The van der Waals surface area contributed by atoms with Crippen LogP contribution in [0, 0.1) is 0 Å². The number of carbonyl (C=O) groups is 1. The molecule has 1 aromatic heterocycles. The highest BCUT2D eigenvalue weighted by Crippen LogP contribution is 2.28. The van der Waals surface area contributed by atoms with Crippen LogP contribution in [-0.2, 0) is 4.74 Å². The molecular formula is C11H8ClNO3. The Bertz CT molecular complexity index is 507. The Hall–Kier alpha value is -1.81. The van der Waals surface area contributed by atoms with Crippen LogP contribution < -0.4 is 0 Å². The average Bonchev–Trinajstić information content (AvgIpc) is 2.71. The predicted octanol–water partition coefficient (Wildman–Crippen LogP) is 2.78. The largest absolute Gasteiger partial charge is 0.462 e. The van der Waals surface area contributed by atoms with Crippen molar-refractivity contribution >= 4 is 17.6 Å². The van der Waals surface area contributed by atoms with Crippen molar-refractivity contribution in [2.24, 2.45) is 0 Å². The van der Waals surface area contributed by atoms with Crippen molar-refractivity contribution < 1.29 is 13.9 Å². The van der Waals surface area contributed by atoms with E-state index in [1.54, 1.807) is 0 Å². The Morgan fingerprint density at radius 2 is 2.06 bits per heavy atom. The van der Waals surface area contributed by atoms with E-state index < -0.39 is 5.97 Å². The number of nitrogens with zero attached hydrogens (tertiary/aromatic N) is 1. The van der Waals surface area contributed by atoms with Gasteiger partial charge in [-0.2, -0.15) is 4.98 Å². The van der Waals surface area contributed by atoms with Gasteiger partial charge in [-0.15, -0.1) is 0 Å². The maximum atomic E-state index is 11.2. The number of methoxy groups -OCH3 is 1. The first kappa shape index (κ1) is 10.7. The molecule has 5 heteroatoms. The molecule has 0 bridgehead atoms. The molecule has 0 spiro atoms. The van der Waals surface area contributed by atoms with Crippen LogP contribution in [0.4, 0.5) is 0 Å². The number of hydrogen-bond acceptors (Lipinski definition) is 4. The number of esters is 1. The normalized spacial score (nSPS) is 10.1. The third-order valence-corrected chi connectivity index (χ3v) is 2.24. The molecule has 0 aliphatic heterocycles. The monoisotopic (exact) mass is 237 g/mol. The van der Waals surface area contributed by atoms with Crippen LogP contribution in [0.25, 0.3) is 11.3 Å². The van der Waals surface area contributed by atoms with Crippen molar-refractivity contribution in [2.45, 2.75) is 0 Å². The van der Waals surface area contributed by atoms with Crippen LogP contribution in [-0.4, -0.2) is 18.1 Å². The van der Waals surface area contributed by atoms with Gasteiger partial charge in [-0.3, -0.25) is 0 Å². The van der Waals surface area contributed by atoms with Gasteiger partial charge in [0.1, 0.15) is 0 Å². The fourth-order valence-electron chi connectivity index (χ4n) is 1.24. The van der Waals surface area contributed by atoms with Crippen LogP contribution in [0.5, 0.6) is 0 Å². The molecule has 0 N–H and O–H groups in total. The van der Waals surface area contributed by atoms with Gasteiger partial charge in [0.05, 0.1) is 7.11 Å². The van der Waals surface area contributed by atoms with Crippen molar-refractivity contribution in [1.29, 1.82) is 0 Å². The summed E-state index contributed by atoms with van der Waals surface area (Å²) < 4.78 is 9.72. The van der Waals surface area contributed by atoms with E-state index in [4.69, 9.17) is 16.0 Å². The second-order valence-electron chi connectivity index (χ2n) is 3.00. The van der Waals surface area contributed by atoms with Gasteiger partial charge in [-0.25, -0.2) is 4.79 Å². The van der Waals surface area contributed by atoms with Crippen LogP contribution >= 0.6 is 11.6 Å². The molecule has 0 aliphatic carbocycles. The number of aromatic nitrogens is 1. The third-order valence-electron chi connectivity index (χ3n) is 1.98. The van der Waals surface area contributed by atoms with Gasteiger partial charge in [-0.1, -0.05) is 41.9 Å². The van der Waals surface area contributed by atoms with E-state index in [1.165, 1.54) is 7.11 Å². The fourth-order valence-corrected chi connectivity index (χ4v) is 1.47. The number of rotatable bonds is 2. The lowest BCUT2D eigenvalue weighted by molar-refractivity contribution is 0.0557. The molecule has 0 unspecified atom stereocenters. The molecule has 0 saturated heterocycles. The molecule has 82 valence electrons. The van der Waals surface area contributed by atoms with E-state index in [1.807, 2.05) is 30.3 Å². The molecule has 0 amide bonds. The number of benzene rings is 1. The SMILES string of the molecule is COC(=O)c1nc(Cl)c(-c2ccccc2)o1. The van der Waals surface area contributed by atoms with E-state index in [0.29, 0.717) is 5.76 Å². The standard InChI is InChI=1S/C11H8ClNO3/c1-15-11(14)10-13-9(12)8(16-10)7-5-3-2-4-6-7/h2-6H,1H3. The van der Waals surface area contributed by atoms with Gasteiger partial charge in [-0.05, 0) is 0 Å². The van der Waals surface area contributed by atoms with Crippen molar-refractivity contribution in [3.63, 3.8) is 0 Å². The van der Waals surface area contributed by atoms with Crippen molar-refractivity contribution in [1.82, 2.24) is 4.98 Å². The minimum atomic E-state index is -0.649. The zero-order chi connectivity index (χ0) is 11.5. The summed E-state index contributed by atoms with van der Waals surface area (Å²) in [4.78, 5) is 15.0. The Kier molecular flexibility index (Phi) is 2.92. The van der Waals surface area contributed by atoms with Gasteiger partial charge in [0.25, 0.3) is 0 Å². The van der Waals surface area contributed by atoms with Crippen molar-refractivity contribution in [3.8, 4) is 11.3 Å². The lowest BCUT2D eigenvalue weighted by atomic mass is 10.2. The highest BCUT2D eigenvalue weighted by Gasteiger charge is 2.18. The molecule has 0 fully saturated rings. The van der Waals surface area contributed by atoms with Gasteiger partial charge < -0.3 is 9.15 Å². The Morgan fingerprint density at radius 1 is 1.38 bits per heavy atom. The van der Waals surface area contributed by atoms with Crippen LogP contribution in [0.1, 0.15) is 10.7 Å². The van der Waals surface area contributed by atoms with Crippen LogP contribution in [0.15, 0.2) is 34.7 Å². The summed E-state index contributed by atoms with van der Waals surface area (Å²) in [6, 6.07) is 9.17. The Balaban J connectivity index is 2.44. The summed E-state index contributed by atoms with van der Waals surface area (Å²) in [7, 11) is 1.25. The fraction of sp³-hybridized carbons (Fsp3) is 0.0909. The average molecular weight is 238 g/mol. The zero-order valence-corrected chi connectivity index (χ0v) is 9.19. The van der Waals surface area contributed by atoms with Gasteiger partial charge in [0.2, 0.25) is 0 Å². The zero-order valence-electron chi connectivity index (χ0n) is 8.44. The van der Waals surface area contributed by atoms with Crippen LogP contribution in [0.3, 0.4) is 0 Å². The first-order valence-electron chi connectivity index (χ1n) is 4.52. The Morgan fingerprint density at radius 3 is 2.69 bits per heavy atom. The van der Waals surface area contributed by atoms with Gasteiger partial charge >= 0.3 is 11.9 Å². The van der Waals surface area contributed by atoms with E-state index in [9.17, 15) is 4.79 Å². The number of carbonyl (C=O) groups excluding carboxylic acids is 1. The lowest BCUT2D eigenvalue weighted by Gasteiger charge is -1.95. The minimum absolute atomic E-state index is 0.145. The topological polar surface area (TPSA) is 52.3 Å². The summed E-state index contributed by atoms with van der Waals surface area (Å²) in [6.45, 7) is 0. The second-order valence-corrected chi connectivity index (χ2v) is 3.35. The summed E-state index contributed by atoms with van der Waals surface area (Å²) >= 11 is 5.87. The number of halogens is 1. The number of oxazole rings is 1. The lowest BCUT2D eigenvalue weighted by Crippen LogP contribution is -2.00. The number of hydrogen-bond donors (Lipinski definition) is 0. The molecule has 0 atom stereocenters. The molecule has 0 saturated carbocycles. The maximum Gasteiger partial charge on any atom is 0.394 e. The van der Waals surface area contributed by atoms with E-state index in [-0.39, 0.29) is 11.0 Å². The first-order valence-corrected chi connectivity index (χ1v) is 4.90. The van der Waals surface area contributed by atoms with Gasteiger partial charge in [0, 0.05) is 5.56 Å². The number of ether oxygens (including phenoxy) is 1. The summed E-state index contributed by atoms with van der Waals surface area (Å²) in [5, 5.41) is 0.145. The first-order chi connectivity index (χ1) is 7.72. The highest BCUT2D eigenvalue weighted by molar-refractivity contribution is 6.31. The molecule has 0 radical (unpaired) electrons. The molecule has 2 aromatic rings. The van der Waals surface area contributed by atoms with Crippen LogP contribution in [0.2, 0.25) is 5.15 Å². The van der Waals surface area contributed by atoms with Gasteiger partial charge in [0.15, 0.2) is 10.9 Å². The molecule has 2 rings (SSSR count). The molecular weight excluding hydrogens is 230 g/mol. The van der Waals surface area contributed by atoms with E-state index in [2.05, 4.69) is 9.72 Å². The predicted molar refractivity (Wildman–Crippen MR) is 58.3 cm³/mol. The molecule has 1 heterocycles. The maximum absolute atomic E-state index is 11.2. The summed E-state index contributed by atoms with van der Waals surface area (Å²) in [5.41, 5.74) is 0.759. The van der Waals surface area contributed by atoms with Crippen molar-refractivity contribution in [2.75, 3.05) is 7.11 Å².